The summed E-state index contributed by atoms with van der Waals surface area (Å²) in [5.74, 6) is 0.265. The predicted octanol–water partition coefficient (Wildman–Crippen LogP) is 8.68. The summed E-state index contributed by atoms with van der Waals surface area (Å²) >= 11 is 4.90. The van der Waals surface area contributed by atoms with Gasteiger partial charge >= 0.3 is 12.3 Å². The Morgan fingerprint density at radius 1 is 1.08 bits per heavy atom. The van der Waals surface area contributed by atoms with Crippen LogP contribution < -0.4 is 5.32 Å². The van der Waals surface area contributed by atoms with E-state index in [-0.39, 0.29) is 17.2 Å². The molecule has 206 valence electrons. The van der Waals surface area contributed by atoms with E-state index in [0.29, 0.717) is 16.4 Å². The first kappa shape index (κ1) is 28.8. The highest BCUT2D eigenvalue weighted by Crippen LogP contribution is 2.38. The molecule has 0 aliphatic rings. The molecule has 0 bridgehead atoms. The molecule has 0 saturated carbocycles. The maximum absolute atomic E-state index is 13.5. The van der Waals surface area contributed by atoms with Crippen molar-refractivity contribution in [1.82, 2.24) is 15.1 Å². The monoisotopic (exact) mass is 620 g/mol. The molecule has 1 N–H and O–H groups in total. The zero-order valence-corrected chi connectivity index (χ0v) is 24.5. The molecular formula is C28H28BrF3N4O2S. The van der Waals surface area contributed by atoms with Crippen molar-refractivity contribution in [3.05, 3.63) is 75.2 Å². The Balaban J connectivity index is 1.58. The van der Waals surface area contributed by atoms with Gasteiger partial charge < -0.3 is 15.0 Å². The maximum atomic E-state index is 13.5. The summed E-state index contributed by atoms with van der Waals surface area (Å²) in [6.07, 6.45) is -5.02. The second-order valence-electron chi connectivity index (χ2n) is 10.1. The average molecular weight is 622 g/mol. The molecule has 0 saturated heterocycles. The van der Waals surface area contributed by atoms with Gasteiger partial charge in [-0.2, -0.15) is 13.2 Å². The fourth-order valence-corrected chi connectivity index (χ4v) is 5.44. The molecular weight excluding hydrogens is 593 g/mol. The fraction of sp³-hybridized carbons (Fsp3) is 0.321. The number of amides is 1. The number of benzene rings is 2. The highest BCUT2D eigenvalue weighted by molar-refractivity contribution is 9.10. The largest absolute Gasteiger partial charge is 0.444 e. The molecule has 4 rings (SSSR count). The van der Waals surface area contributed by atoms with Crippen molar-refractivity contribution >= 4 is 50.0 Å². The lowest BCUT2D eigenvalue weighted by molar-refractivity contribution is -0.140. The smallest absolute Gasteiger partial charge is 0.435 e. The van der Waals surface area contributed by atoms with Crippen LogP contribution in [0.2, 0.25) is 0 Å². The molecule has 2 heterocycles. The molecule has 0 spiro atoms. The van der Waals surface area contributed by atoms with Crippen molar-refractivity contribution in [2.24, 2.45) is 0 Å². The molecule has 0 unspecified atom stereocenters. The summed E-state index contributed by atoms with van der Waals surface area (Å²) in [7, 11) is 1.70. The van der Waals surface area contributed by atoms with Crippen molar-refractivity contribution < 1.29 is 22.7 Å². The molecule has 0 aliphatic carbocycles. The lowest BCUT2D eigenvalue weighted by Gasteiger charge is -2.25. The van der Waals surface area contributed by atoms with E-state index < -0.39 is 23.6 Å². The van der Waals surface area contributed by atoms with Crippen LogP contribution in [0.5, 0.6) is 0 Å². The number of hydrogen-bond acceptors (Lipinski definition) is 6. The maximum Gasteiger partial charge on any atom is 0.435 e. The Labute approximate surface area is 237 Å². The lowest BCUT2D eigenvalue weighted by atomic mass is 10.1. The minimum atomic E-state index is -4.61. The number of carbonyl (C=O) groups is 1. The average Bonchev–Trinajstić information content (AvgIpc) is 3.33. The number of carbonyl (C=O) groups excluding carboxylic acids is 1. The van der Waals surface area contributed by atoms with Gasteiger partial charge in [0.25, 0.3) is 0 Å². The number of ether oxygens (including phenoxy) is 1. The van der Waals surface area contributed by atoms with E-state index in [1.165, 1.54) is 11.0 Å². The summed E-state index contributed by atoms with van der Waals surface area (Å²) in [5.41, 5.74) is 0.342. The Morgan fingerprint density at radius 3 is 2.49 bits per heavy atom. The van der Waals surface area contributed by atoms with Crippen LogP contribution in [0.4, 0.5) is 23.8 Å². The molecule has 4 aromatic rings. The van der Waals surface area contributed by atoms with Crippen LogP contribution in [0.1, 0.15) is 49.9 Å². The number of nitrogens with one attached hydrogen (secondary N) is 1. The van der Waals surface area contributed by atoms with Crippen molar-refractivity contribution in [3.8, 4) is 10.4 Å². The summed E-state index contributed by atoms with van der Waals surface area (Å²) in [6.45, 7) is 7.77. The standard InChI is InChI=1S/C28H28BrF3N4O2S/c1-16(33-25-21-14-18(29)10-11-20(21)24(34-35-25)28(30,31)32)22-12-13-23(39-22)19-9-7-6-8-17(19)15-36(5)26(37)38-27(2,3)4/h6-14,16H,15H2,1-5H3,(H,33,35)/t16-/m1/s1. The Kier molecular flexibility index (Phi) is 8.22. The van der Waals surface area contributed by atoms with Crippen molar-refractivity contribution in [3.63, 3.8) is 0 Å². The second kappa shape index (κ2) is 11.1. The van der Waals surface area contributed by atoms with E-state index in [1.807, 2.05) is 64.1 Å². The third-order valence-corrected chi connectivity index (χ3v) is 7.61. The van der Waals surface area contributed by atoms with Crippen LogP contribution in [0.15, 0.2) is 59.1 Å². The molecule has 1 amide bonds. The van der Waals surface area contributed by atoms with Gasteiger partial charge in [0.1, 0.15) is 5.60 Å². The van der Waals surface area contributed by atoms with Crippen LogP contribution in [-0.2, 0) is 17.5 Å². The number of nitrogens with zero attached hydrogens (tertiary/aromatic N) is 3. The van der Waals surface area contributed by atoms with Gasteiger partial charge in [0.05, 0.1) is 6.04 Å². The number of aromatic nitrogens is 2. The fourth-order valence-electron chi connectivity index (χ4n) is 4.01. The van der Waals surface area contributed by atoms with E-state index in [4.69, 9.17) is 4.74 Å². The normalized spacial score (nSPS) is 12.8. The van der Waals surface area contributed by atoms with Gasteiger partial charge in [-0.25, -0.2) is 4.79 Å². The van der Waals surface area contributed by atoms with Gasteiger partial charge in [0.15, 0.2) is 11.5 Å². The predicted molar refractivity (Wildman–Crippen MR) is 152 cm³/mol. The molecule has 0 aliphatic heterocycles. The van der Waals surface area contributed by atoms with E-state index in [2.05, 4.69) is 31.4 Å². The topological polar surface area (TPSA) is 67.4 Å². The second-order valence-corrected chi connectivity index (χ2v) is 12.2. The van der Waals surface area contributed by atoms with E-state index in [1.54, 1.807) is 30.5 Å². The molecule has 1 atom stereocenters. The van der Waals surface area contributed by atoms with Gasteiger partial charge in [-0.05, 0) is 63.1 Å². The van der Waals surface area contributed by atoms with Gasteiger partial charge in [0.2, 0.25) is 0 Å². The van der Waals surface area contributed by atoms with Crippen LogP contribution in [0, 0.1) is 0 Å². The molecule has 11 heteroatoms. The number of thiophene rings is 1. The van der Waals surface area contributed by atoms with Crippen LogP contribution in [0.3, 0.4) is 0 Å². The number of fused-ring (bicyclic) bond motifs is 1. The van der Waals surface area contributed by atoms with Crippen LogP contribution >= 0.6 is 27.3 Å². The first-order valence-electron chi connectivity index (χ1n) is 12.1. The highest BCUT2D eigenvalue weighted by atomic mass is 79.9. The van der Waals surface area contributed by atoms with Crippen LogP contribution in [-0.4, -0.2) is 33.8 Å². The number of alkyl halides is 3. The van der Waals surface area contributed by atoms with Gasteiger partial charge in [-0.3, -0.25) is 0 Å². The minimum absolute atomic E-state index is 0.0229. The molecule has 39 heavy (non-hydrogen) atoms. The van der Waals surface area contributed by atoms with Crippen molar-refractivity contribution in [2.45, 2.75) is 52.1 Å². The minimum Gasteiger partial charge on any atom is -0.444 e. The zero-order valence-electron chi connectivity index (χ0n) is 22.1. The number of hydrogen-bond donors (Lipinski definition) is 1. The number of rotatable bonds is 6. The molecule has 2 aromatic heterocycles. The Morgan fingerprint density at radius 2 is 1.79 bits per heavy atom. The van der Waals surface area contributed by atoms with Gasteiger partial charge in [0, 0.05) is 38.6 Å². The van der Waals surface area contributed by atoms with Crippen molar-refractivity contribution in [1.29, 1.82) is 0 Å². The Bertz CT molecular complexity index is 1500. The molecule has 6 nitrogen and oxygen atoms in total. The molecule has 2 aromatic carbocycles. The van der Waals surface area contributed by atoms with E-state index in [0.717, 1.165) is 20.9 Å². The van der Waals surface area contributed by atoms with Gasteiger partial charge in [-0.1, -0.05) is 46.3 Å². The number of halogens is 4. The first-order chi connectivity index (χ1) is 18.2. The molecule has 0 fully saturated rings. The third-order valence-electron chi connectivity index (χ3n) is 5.81. The van der Waals surface area contributed by atoms with Crippen molar-refractivity contribution in [2.75, 3.05) is 12.4 Å². The zero-order chi connectivity index (χ0) is 28.5. The third kappa shape index (κ3) is 6.88. The summed E-state index contributed by atoms with van der Waals surface area (Å²) in [5, 5.41) is 10.9. The summed E-state index contributed by atoms with van der Waals surface area (Å²) in [6, 6.07) is 16.1. The SMILES string of the molecule is C[C@@H](Nc1nnc(C(F)(F)F)c2ccc(Br)cc12)c1ccc(-c2ccccc2CN(C)C(=O)OC(C)(C)C)s1. The van der Waals surface area contributed by atoms with E-state index in [9.17, 15) is 18.0 Å². The first-order valence-corrected chi connectivity index (χ1v) is 13.8. The lowest BCUT2D eigenvalue weighted by Crippen LogP contribution is -2.33. The van der Waals surface area contributed by atoms with E-state index >= 15 is 0 Å². The highest BCUT2D eigenvalue weighted by Gasteiger charge is 2.36. The van der Waals surface area contributed by atoms with Gasteiger partial charge in [-0.15, -0.1) is 21.5 Å². The summed E-state index contributed by atoms with van der Waals surface area (Å²) in [4.78, 5) is 16.0. The quantitative estimate of drug-likeness (QED) is 0.233. The summed E-state index contributed by atoms with van der Waals surface area (Å²) < 4.78 is 46.6. The number of anilines is 1. The Hall–Kier alpha value is -3.18. The molecule has 0 radical (unpaired) electrons. The van der Waals surface area contributed by atoms with Crippen LogP contribution in [0.25, 0.3) is 21.2 Å².